The zero-order valence-corrected chi connectivity index (χ0v) is 31.6. The minimum atomic E-state index is -4.05. The van der Waals surface area contributed by atoms with Crippen LogP contribution >= 0.6 is 11.6 Å². The fourth-order valence-corrected chi connectivity index (χ4v) is 9.83. The lowest BCUT2D eigenvalue weighted by Crippen LogP contribution is -2.56. The number of aliphatic hydroxyl groups is 1. The Labute approximate surface area is 301 Å². The maximum absolute atomic E-state index is 13.5. The number of allylic oxidation sites excluding steroid dienone is 1. The minimum Gasteiger partial charge on any atom is -0.490 e. The molecular formula is C39H51ClN2O7S. The molecule has 50 heavy (non-hydrogen) atoms. The number of aryl methyl sites for hydroxylation is 1. The first-order valence-electron chi connectivity index (χ1n) is 17.9. The molecule has 9 nitrogen and oxygen atoms in total. The van der Waals surface area contributed by atoms with Crippen molar-refractivity contribution >= 4 is 39.2 Å². The van der Waals surface area contributed by atoms with Gasteiger partial charge in [0.05, 0.1) is 29.1 Å². The summed E-state index contributed by atoms with van der Waals surface area (Å²) in [4.78, 5) is 29.3. The Kier molecular flexibility index (Phi) is 9.89. The third-order valence-electron chi connectivity index (χ3n) is 11.6. The molecule has 2 bridgehead atoms. The Morgan fingerprint density at radius 3 is 2.62 bits per heavy atom. The summed E-state index contributed by atoms with van der Waals surface area (Å²) < 4.78 is 41.6. The summed E-state index contributed by atoms with van der Waals surface area (Å²) in [6.45, 7) is 12.1. The molecule has 2 N–H and O–H groups in total. The summed E-state index contributed by atoms with van der Waals surface area (Å²) in [6.07, 6.45) is 8.17. The SMILES string of the molecule is C[C@@H]1[C@@H](C)C/C=C/[C@](O)([C@@H](C)C(=O)OC(C)(C)C)[C@@H]2CC[C@H]2CN2C[C@@]3(CCCc4cc(Cl)ccc43)COc3ccc(cc32)C(=O)NS1(=O)=O. The number of halogens is 1. The highest BCUT2D eigenvalue weighted by molar-refractivity contribution is 7.90. The summed E-state index contributed by atoms with van der Waals surface area (Å²) in [5, 5.41) is 12.4. The van der Waals surface area contributed by atoms with Gasteiger partial charge in [0.25, 0.3) is 5.91 Å². The summed E-state index contributed by atoms with van der Waals surface area (Å²) in [7, 11) is -4.05. The van der Waals surface area contributed by atoms with Gasteiger partial charge in [-0.05, 0) is 132 Å². The van der Waals surface area contributed by atoms with Gasteiger partial charge in [-0.3, -0.25) is 9.59 Å². The van der Waals surface area contributed by atoms with Gasteiger partial charge in [0, 0.05) is 29.1 Å². The van der Waals surface area contributed by atoms with E-state index in [1.165, 1.54) is 11.1 Å². The van der Waals surface area contributed by atoms with Gasteiger partial charge in [0.15, 0.2) is 0 Å². The van der Waals surface area contributed by atoms with Crippen molar-refractivity contribution in [3.8, 4) is 5.75 Å². The second-order valence-electron chi connectivity index (χ2n) is 16.2. The van der Waals surface area contributed by atoms with E-state index in [2.05, 4.69) is 15.7 Å². The van der Waals surface area contributed by atoms with Crippen LogP contribution in [0, 0.1) is 23.7 Å². The highest BCUT2D eigenvalue weighted by Crippen LogP contribution is 2.50. The van der Waals surface area contributed by atoms with Gasteiger partial charge in [0.2, 0.25) is 10.0 Å². The molecule has 1 fully saturated rings. The first-order chi connectivity index (χ1) is 23.4. The van der Waals surface area contributed by atoms with Crippen LogP contribution in [0.2, 0.25) is 5.02 Å². The zero-order chi connectivity index (χ0) is 36.2. The fraction of sp³-hybridized carbons (Fsp3) is 0.590. The number of nitrogens with zero attached hydrogens (tertiary/aromatic N) is 1. The van der Waals surface area contributed by atoms with E-state index in [9.17, 15) is 23.1 Å². The van der Waals surface area contributed by atoms with E-state index in [0.29, 0.717) is 49.0 Å². The van der Waals surface area contributed by atoms with Gasteiger partial charge in [-0.2, -0.15) is 0 Å². The maximum atomic E-state index is 13.5. The number of sulfonamides is 1. The molecular weight excluding hydrogens is 676 g/mol. The molecule has 272 valence electrons. The molecule has 0 unspecified atom stereocenters. The van der Waals surface area contributed by atoms with Crippen molar-refractivity contribution in [3.05, 3.63) is 70.3 Å². The van der Waals surface area contributed by atoms with Crippen LogP contribution in [0.3, 0.4) is 0 Å². The first-order valence-corrected chi connectivity index (χ1v) is 19.8. The van der Waals surface area contributed by atoms with Crippen LogP contribution in [-0.4, -0.2) is 61.5 Å². The third kappa shape index (κ3) is 7.04. The number of esters is 1. The molecule has 0 saturated heterocycles. The third-order valence-corrected chi connectivity index (χ3v) is 13.8. The molecule has 2 aromatic carbocycles. The largest absolute Gasteiger partial charge is 0.490 e. The second-order valence-corrected chi connectivity index (χ2v) is 18.6. The number of carbonyl (C=O) groups excluding carboxylic acids is 2. The topological polar surface area (TPSA) is 122 Å². The van der Waals surface area contributed by atoms with Crippen molar-refractivity contribution in [1.29, 1.82) is 0 Å². The zero-order valence-electron chi connectivity index (χ0n) is 30.0. The van der Waals surface area contributed by atoms with Gasteiger partial charge >= 0.3 is 5.97 Å². The predicted molar refractivity (Wildman–Crippen MR) is 195 cm³/mol. The fourth-order valence-electron chi connectivity index (χ4n) is 8.35. The van der Waals surface area contributed by atoms with Crippen LogP contribution in [0.4, 0.5) is 5.69 Å². The first kappa shape index (κ1) is 36.7. The van der Waals surface area contributed by atoms with Crippen molar-refractivity contribution in [2.75, 3.05) is 24.6 Å². The van der Waals surface area contributed by atoms with Crippen LogP contribution < -0.4 is 14.4 Å². The van der Waals surface area contributed by atoms with Gasteiger partial charge in [-0.15, -0.1) is 0 Å². The van der Waals surface area contributed by atoms with Gasteiger partial charge in [-0.1, -0.05) is 36.7 Å². The molecule has 0 aromatic heterocycles. The van der Waals surface area contributed by atoms with Crippen molar-refractivity contribution in [2.45, 2.75) is 102 Å². The molecule has 2 heterocycles. The van der Waals surface area contributed by atoms with Crippen LogP contribution in [-0.2, 0) is 31.4 Å². The molecule has 1 saturated carbocycles. The highest BCUT2D eigenvalue weighted by atomic mass is 35.5. The molecule has 4 aliphatic rings. The molecule has 6 rings (SSSR count). The van der Waals surface area contributed by atoms with E-state index in [-0.39, 0.29) is 28.7 Å². The molecule has 7 atom stereocenters. The quantitative estimate of drug-likeness (QED) is 0.263. The minimum absolute atomic E-state index is 0.00734. The molecule has 1 spiro atoms. The molecule has 1 amide bonds. The second kappa shape index (κ2) is 13.5. The average Bonchev–Trinajstić information content (AvgIpc) is 3.17. The van der Waals surface area contributed by atoms with Crippen molar-refractivity contribution in [2.24, 2.45) is 23.7 Å². The summed E-state index contributed by atoms with van der Waals surface area (Å²) in [5.74, 6) is -2.07. The van der Waals surface area contributed by atoms with Crippen LogP contribution in [0.1, 0.15) is 95.1 Å². The lowest BCUT2D eigenvalue weighted by molar-refractivity contribution is -0.173. The number of hydrogen-bond acceptors (Lipinski definition) is 8. The van der Waals surface area contributed by atoms with E-state index in [0.717, 1.165) is 25.7 Å². The van der Waals surface area contributed by atoms with Crippen LogP contribution in [0.5, 0.6) is 5.75 Å². The van der Waals surface area contributed by atoms with Crippen molar-refractivity contribution in [1.82, 2.24) is 4.72 Å². The smallest absolute Gasteiger partial charge is 0.312 e. The number of amides is 1. The Bertz CT molecular complexity index is 1790. The van der Waals surface area contributed by atoms with E-state index in [1.54, 1.807) is 51.1 Å². The number of benzene rings is 2. The number of nitrogens with one attached hydrogen (secondary N) is 1. The lowest BCUT2D eigenvalue weighted by atomic mass is 9.60. The molecule has 2 aliphatic heterocycles. The van der Waals surface area contributed by atoms with E-state index in [1.807, 2.05) is 32.9 Å². The standard InChI is InChI=1S/C39H51ClN2O7S/c1-24-9-7-18-39(45,25(2)36(44)49-37(4,5)6)32-14-11-29(32)21-42-22-38(17-8-10-27-19-30(40)13-15-31(27)38)23-48-34-16-12-28(20-33(34)42)35(43)41-50(46,47)26(24)3/h7,12-13,15-16,18-20,24-26,29,32,45H,8-11,14,17,21-23H2,1-6H3,(H,41,43)/b18-7+/t24-,25-,26+,29-,32+,38-,39-/m0/s1. The maximum Gasteiger partial charge on any atom is 0.312 e. The Morgan fingerprint density at radius 1 is 1.16 bits per heavy atom. The van der Waals surface area contributed by atoms with Gasteiger partial charge < -0.3 is 19.5 Å². The molecule has 0 radical (unpaired) electrons. The average molecular weight is 727 g/mol. The Hall–Kier alpha value is -3.08. The van der Waals surface area contributed by atoms with Crippen LogP contribution in [0.25, 0.3) is 0 Å². The van der Waals surface area contributed by atoms with Crippen molar-refractivity contribution in [3.63, 3.8) is 0 Å². The van der Waals surface area contributed by atoms with E-state index >= 15 is 0 Å². The Balaban J connectivity index is 1.46. The van der Waals surface area contributed by atoms with Gasteiger partial charge in [0.1, 0.15) is 11.4 Å². The summed E-state index contributed by atoms with van der Waals surface area (Å²) in [5.41, 5.74) is 0.697. The number of anilines is 1. The van der Waals surface area contributed by atoms with Crippen molar-refractivity contribution < 1.29 is 32.6 Å². The van der Waals surface area contributed by atoms with E-state index < -0.39 is 44.3 Å². The van der Waals surface area contributed by atoms with E-state index in [4.69, 9.17) is 21.1 Å². The monoisotopic (exact) mass is 726 g/mol. The summed E-state index contributed by atoms with van der Waals surface area (Å²) in [6, 6.07) is 11.2. The number of ether oxygens (including phenoxy) is 2. The lowest BCUT2D eigenvalue weighted by Gasteiger charge is -2.50. The summed E-state index contributed by atoms with van der Waals surface area (Å²) >= 11 is 6.44. The molecule has 2 aliphatic carbocycles. The Morgan fingerprint density at radius 2 is 1.92 bits per heavy atom. The predicted octanol–water partition coefficient (Wildman–Crippen LogP) is 6.59. The number of fused-ring (bicyclic) bond motifs is 4. The van der Waals surface area contributed by atoms with Crippen LogP contribution in [0.15, 0.2) is 48.6 Å². The van der Waals surface area contributed by atoms with Gasteiger partial charge in [-0.25, -0.2) is 13.1 Å². The number of hydrogen-bond donors (Lipinski definition) is 2. The highest BCUT2D eigenvalue weighted by Gasteiger charge is 2.52. The normalized spacial score (nSPS) is 32.2. The molecule has 11 heteroatoms. The number of carbonyl (C=O) groups is 2. The number of rotatable bonds is 2. The molecule has 2 aromatic rings.